The molecule has 0 radical (unpaired) electrons. The van der Waals surface area contributed by atoms with Gasteiger partial charge in [0.25, 0.3) is 0 Å². The molecule has 0 bridgehead atoms. The molecule has 238 valence electrons. The van der Waals surface area contributed by atoms with Gasteiger partial charge in [-0.1, -0.05) is 159 Å². The number of hydrogen-bond donors (Lipinski definition) is 0. The van der Waals surface area contributed by atoms with E-state index in [1.807, 2.05) is 72.8 Å². The highest BCUT2D eigenvalue weighted by atomic mass is 79.9. The molecule has 0 fully saturated rings. The molecule has 0 atom stereocenters. The van der Waals surface area contributed by atoms with E-state index in [0.717, 1.165) is 76.2 Å². The first-order chi connectivity index (χ1) is 24.6. The fourth-order valence-electron chi connectivity index (χ4n) is 5.85. The summed E-state index contributed by atoms with van der Waals surface area (Å²) in [7, 11) is 0. The van der Waals surface area contributed by atoms with E-state index in [1.54, 1.807) is 0 Å². The summed E-state index contributed by atoms with van der Waals surface area (Å²) in [5.41, 5.74) is 11.7. The summed E-state index contributed by atoms with van der Waals surface area (Å²) in [6.07, 6.45) is 0. The molecule has 6 heteroatoms. The van der Waals surface area contributed by atoms with Crippen molar-refractivity contribution in [2.75, 3.05) is 0 Å². The number of halogens is 2. The van der Waals surface area contributed by atoms with Crippen LogP contribution in [0.15, 0.2) is 179 Å². The SMILES string of the molecule is Brc1ccc(-c2cc(-c3ccccc3)nc(-c3cccc(-c4ccc(-c5cc(-c6ccccc6)nc(-c6ccc(Br)cc6)n5)cc4)c3)n2)cc1. The molecule has 0 aliphatic rings. The Morgan fingerprint density at radius 2 is 0.600 bits per heavy atom. The second-order valence-electron chi connectivity index (χ2n) is 11.8. The molecule has 8 rings (SSSR count). The third-order valence-corrected chi connectivity index (χ3v) is 9.53. The molecule has 50 heavy (non-hydrogen) atoms. The van der Waals surface area contributed by atoms with E-state index < -0.39 is 0 Å². The van der Waals surface area contributed by atoms with Crippen molar-refractivity contribution < 1.29 is 0 Å². The van der Waals surface area contributed by atoms with Crippen LogP contribution in [0.25, 0.3) is 78.9 Å². The lowest BCUT2D eigenvalue weighted by molar-refractivity contribution is 1.18. The lowest BCUT2D eigenvalue weighted by Crippen LogP contribution is -1.96. The molecular formula is C44H28Br2N4. The van der Waals surface area contributed by atoms with Crippen LogP contribution in [0.4, 0.5) is 0 Å². The van der Waals surface area contributed by atoms with Crippen LogP contribution in [0, 0.1) is 0 Å². The third kappa shape index (κ3) is 6.95. The van der Waals surface area contributed by atoms with Crippen molar-refractivity contribution in [3.8, 4) is 78.9 Å². The Morgan fingerprint density at radius 1 is 0.260 bits per heavy atom. The van der Waals surface area contributed by atoms with Gasteiger partial charge < -0.3 is 0 Å². The van der Waals surface area contributed by atoms with Crippen molar-refractivity contribution >= 4 is 31.9 Å². The Labute approximate surface area is 307 Å². The van der Waals surface area contributed by atoms with Gasteiger partial charge in [0.15, 0.2) is 11.6 Å². The molecule has 4 nitrogen and oxygen atoms in total. The van der Waals surface area contributed by atoms with E-state index in [4.69, 9.17) is 19.9 Å². The van der Waals surface area contributed by atoms with E-state index in [9.17, 15) is 0 Å². The van der Waals surface area contributed by atoms with E-state index >= 15 is 0 Å². The molecule has 8 aromatic rings. The van der Waals surface area contributed by atoms with Crippen molar-refractivity contribution in [3.63, 3.8) is 0 Å². The molecule has 2 aromatic heterocycles. The van der Waals surface area contributed by atoms with Crippen LogP contribution in [0.2, 0.25) is 0 Å². The van der Waals surface area contributed by atoms with E-state index in [2.05, 4.69) is 129 Å². The maximum absolute atomic E-state index is 5.05. The zero-order valence-corrected chi connectivity index (χ0v) is 29.9. The van der Waals surface area contributed by atoms with E-state index in [0.29, 0.717) is 11.6 Å². The molecule has 0 spiro atoms. The van der Waals surface area contributed by atoms with Crippen LogP contribution in [0.1, 0.15) is 0 Å². The lowest BCUT2D eigenvalue weighted by Gasteiger charge is -2.11. The van der Waals surface area contributed by atoms with Gasteiger partial charge in [-0.15, -0.1) is 0 Å². The van der Waals surface area contributed by atoms with Crippen molar-refractivity contribution in [1.29, 1.82) is 0 Å². The van der Waals surface area contributed by atoms with Gasteiger partial charge in [-0.25, -0.2) is 19.9 Å². The van der Waals surface area contributed by atoms with Crippen LogP contribution < -0.4 is 0 Å². The molecule has 0 aliphatic carbocycles. The first kappa shape index (κ1) is 31.7. The van der Waals surface area contributed by atoms with Gasteiger partial charge in [0, 0.05) is 42.3 Å². The predicted molar refractivity (Wildman–Crippen MR) is 211 cm³/mol. The minimum atomic E-state index is 0.678. The number of hydrogen-bond acceptors (Lipinski definition) is 4. The van der Waals surface area contributed by atoms with Crippen molar-refractivity contribution in [3.05, 3.63) is 179 Å². The summed E-state index contributed by atoms with van der Waals surface area (Å²) < 4.78 is 2.04. The highest BCUT2D eigenvalue weighted by Crippen LogP contribution is 2.33. The first-order valence-corrected chi connectivity index (χ1v) is 17.8. The maximum atomic E-state index is 5.05. The van der Waals surface area contributed by atoms with Crippen molar-refractivity contribution in [2.45, 2.75) is 0 Å². The Balaban J connectivity index is 1.16. The molecule has 0 amide bonds. The Bertz CT molecular complexity index is 2410. The van der Waals surface area contributed by atoms with Gasteiger partial charge in [-0.3, -0.25) is 0 Å². The van der Waals surface area contributed by atoms with Crippen LogP contribution in [0.3, 0.4) is 0 Å². The van der Waals surface area contributed by atoms with E-state index in [1.165, 1.54) is 0 Å². The molecule has 2 heterocycles. The monoisotopic (exact) mass is 770 g/mol. The van der Waals surface area contributed by atoms with Gasteiger partial charge in [0.2, 0.25) is 0 Å². The average molecular weight is 773 g/mol. The van der Waals surface area contributed by atoms with Gasteiger partial charge in [-0.2, -0.15) is 0 Å². The first-order valence-electron chi connectivity index (χ1n) is 16.2. The third-order valence-electron chi connectivity index (χ3n) is 8.47. The molecule has 0 N–H and O–H groups in total. The van der Waals surface area contributed by atoms with Crippen LogP contribution in [-0.4, -0.2) is 19.9 Å². The quantitative estimate of drug-likeness (QED) is 0.162. The molecular weight excluding hydrogens is 744 g/mol. The highest BCUT2D eigenvalue weighted by Gasteiger charge is 2.14. The normalized spacial score (nSPS) is 11.0. The lowest BCUT2D eigenvalue weighted by atomic mass is 9.99. The summed E-state index contributed by atoms with van der Waals surface area (Å²) in [5.74, 6) is 1.36. The summed E-state index contributed by atoms with van der Waals surface area (Å²) in [4.78, 5) is 20.0. The smallest absolute Gasteiger partial charge is 0.160 e. The summed E-state index contributed by atoms with van der Waals surface area (Å²) in [6.45, 7) is 0. The number of rotatable bonds is 7. The summed E-state index contributed by atoms with van der Waals surface area (Å²) in [5, 5.41) is 0. The minimum absolute atomic E-state index is 0.678. The average Bonchev–Trinajstić information content (AvgIpc) is 3.19. The predicted octanol–water partition coefficient (Wildman–Crippen LogP) is 12.5. The fourth-order valence-corrected chi connectivity index (χ4v) is 6.38. The Morgan fingerprint density at radius 3 is 1.08 bits per heavy atom. The van der Waals surface area contributed by atoms with Gasteiger partial charge in [0.05, 0.1) is 22.8 Å². The molecule has 6 aromatic carbocycles. The van der Waals surface area contributed by atoms with Crippen molar-refractivity contribution in [1.82, 2.24) is 19.9 Å². The Kier molecular flexibility index (Phi) is 8.95. The molecule has 0 saturated heterocycles. The second-order valence-corrected chi connectivity index (χ2v) is 13.7. The topological polar surface area (TPSA) is 51.6 Å². The number of nitrogens with zero attached hydrogens (tertiary/aromatic N) is 4. The van der Waals surface area contributed by atoms with Gasteiger partial charge >= 0.3 is 0 Å². The highest BCUT2D eigenvalue weighted by molar-refractivity contribution is 9.10. The van der Waals surface area contributed by atoms with Crippen molar-refractivity contribution in [2.24, 2.45) is 0 Å². The zero-order valence-electron chi connectivity index (χ0n) is 26.7. The number of aromatic nitrogens is 4. The summed E-state index contributed by atoms with van der Waals surface area (Å²) >= 11 is 7.10. The number of benzene rings is 6. The molecule has 0 aliphatic heterocycles. The molecule has 0 saturated carbocycles. The van der Waals surface area contributed by atoms with Crippen LogP contribution in [-0.2, 0) is 0 Å². The Hall–Kier alpha value is -5.56. The van der Waals surface area contributed by atoms with Gasteiger partial charge in [0.1, 0.15) is 0 Å². The zero-order chi connectivity index (χ0) is 33.9. The summed E-state index contributed by atoms with van der Waals surface area (Å²) in [6, 6.07) is 57.9. The standard InChI is InChI=1S/C44H28Br2N4/c45-37-22-18-33(19-23-37)42-28-40(31-10-5-2-6-11-31)49-44(50-42)36-13-7-12-35(26-36)29-14-16-32(17-15-29)41-27-39(30-8-3-1-4-9-30)47-43(48-41)34-20-24-38(46)25-21-34/h1-28H. The maximum Gasteiger partial charge on any atom is 0.160 e. The second kappa shape index (κ2) is 14.1. The van der Waals surface area contributed by atoms with E-state index in [-0.39, 0.29) is 0 Å². The van der Waals surface area contributed by atoms with Crippen LogP contribution in [0.5, 0.6) is 0 Å². The minimum Gasteiger partial charge on any atom is -0.228 e. The largest absolute Gasteiger partial charge is 0.228 e. The van der Waals surface area contributed by atoms with Crippen LogP contribution >= 0.6 is 31.9 Å². The fraction of sp³-hybridized carbons (Fsp3) is 0. The molecule has 0 unspecified atom stereocenters. The van der Waals surface area contributed by atoms with Gasteiger partial charge in [-0.05, 0) is 53.6 Å².